The fraction of sp³-hybridized carbons (Fsp3) is 0.222. The van der Waals surface area contributed by atoms with E-state index in [1.807, 2.05) is 0 Å². The topological polar surface area (TPSA) is 12.9 Å². The molecule has 0 aliphatic rings. The van der Waals surface area contributed by atoms with E-state index >= 15 is 0 Å². The highest BCUT2D eigenvalue weighted by atomic mass is 19.4. The number of pyridine rings is 1. The molecule has 0 bridgehead atoms. The molecule has 0 unspecified atom stereocenters. The summed E-state index contributed by atoms with van der Waals surface area (Å²) in [4.78, 5) is 3.34. The van der Waals surface area contributed by atoms with Gasteiger partial charge in [0.05, 0.1) is 0 Å². The number of alkyl halides is 3. The first kappa shape index (κ1) is 9.59. The molecule has 0 N–H and O–H groups in total. The molecule has 13 heavy (non-hydrogen) atoms. The molecule has 1 heterocycles. The minimum atomic E-state index is -4.40. The van der Waals surface area contributed by atoms with E-state index in [1.54, 1.807) is 6.92 Å². The van der Waals surface area contributed by atoms with Crippen LogP contribution in [0, 0.1) is 11.8 Å². The second-order valence-electron chi connectivity index (χ2n) is 2.28. The van der Waals surface area contributed by atoms with Crippen LogP contribution in [-0.2, 0) is 6.18 Å². The number of aromatic nitrogens is 1. The van der Waals surface area contributed by atoms with Gasteiger partial charge in [0, 0.05) is 0 Å². The molecule has 0 saturated carbocycles. The van der Waals surface area contributed by atoms with Gasteiger partial charge in [0.2, 0.25) is 0 Å². The normalized spacial score (nSPS) is 10.5. The quantitative estimate of drug-likeness (QED) is 0.566. The Morgan fingerprint density at radius 3 is 2.54 bits per heavy atom. The number of rotatable bonds is 0. The van der Waals surface area contributed by atoms with Gasteiger partial charge in [0.25, 0.3) is 0 Å². The van der Waals surface area contributed by atoms with Crippen molar-refractivity contribution >= 4 is 0 Å². The largest absolute Gasteiger partial charge is 0.433 e. The standard InChI is InChI=1S/C9H6F3N/c1-2-4-7-5-3-6-8(13-7)9(10,11)12/h3,5-6H,1H3. The van der Waals surface area contributed by atoms with Crippen LogP contribution in [0.5, 0.6) is 0 Å². The van der Waals surface area contributed by atoms with Crippen molar-refractivity contribution in [2.24, 2.45) is 0 Å². The van der Waals surface area contributed by atoms with E-state index in [9.17, 15) is 13.2 Å². The van der Waals surface area contributed by atoms with Gasteiger partial charge in [-0.15, -0.1) is 0 Å². The van der Waals surface area contributed by atoms with E-state index in [1.165, 1.54) is 12.1 Å². The summed E-state index contributed by atoms with van der Waals surface area (Å²) in [5.74, 6) is 4.94. The van der Waals surface area contributed by atoms with Crippen LogP contribution in [0.2, 0.25) is 0 Å². The second kappa shape index (κ2) is 3.48. The molecular formula is C9H6F3N. The number of hydrogen-bond acceptors (Lipinski definition) is 1. The Kier molecular flexibility index (Phi) is 2.57. The lowest BCUT2D eigenvalue weighted by Gasteiger charge is -2.04. The molecule has 0 atom stereocenters. The maximum absolute atomic E-state index is 12.1. The Morgan fingerprint density at radius 1 is 1.31 bits per heavy atom. The SMILES string of the molecule is CC#Cc1cccc(C(F)(F)F)n1. The third-order valence-electron chi connectivity index (χ3n) is 1.29. The van der Waals surface area contributed by atoms with Crippen LogP contribution in [0.15, 0.2) is 18.2 Å². The molecular weight excluding hydrogens is 179 g/mol. The molecule has 68 valence electrons. The molecule has 1 aromatic heterocycles. The van der Waals surface area contributed by atoms with Crippen LogP contribution in [0.3, 0.4) is 0 Å². The molecule has 0 aromatic carbocycles. The van der Waals surface area contributed by atoms with Gasteiger partial charge in [-0.3, -0.25) is 0 Å². The van der Waals surface area contributed by atoms with Crippen molar-refractivity contribution in [3.8, 4) is 11.8 Å². The molecule has 4 heteroatoms. The van der Waals surface area contributed by atoms with E-state index < -0.39 is 11.9 Å². The van der Waals surface area contributed by atoms with Crippen molar-refractivity contribution in [1.29, 1.82) is 0 Å². The fourth-order valence-electron chi connectivity index (χ4n) is 0.790. The van der Waals surface area contributed by atoms with Crippen LogP contribution in [0.25, 0.3) is 0 Å². The zero-order chi connectivity index (χ0) is 9.90. The van der Waals surface area contributed by atoms with Crippen molar-refractivity contribution < 1.29 is 13.2 Å². The molecule has 0 saturated heterocycles. The van der Waals surface area contributed by atoms with E-state index in [-0.39, 0.29) is 5.69 Å². The second-order valence-corrected chi connectivity index (χ2v) is 2.28. The summed E-state index contributed by atoms with van der Waals surface area (Å²) in [7, 11) is 0. The third-order valence-corrected chi connectivity index (χ3v) is 1.29. The summed E-state index contributed by atoms with van der Waals surface area (Å²) in [5.41, 5.74) is -0.773. The summed E-state index contributed by atoms with van der Waals surface area (Å²) in [5, 5.41) is 0. The fourth-order valence-corrected chi connectivity index (χ4v) is 0.790. The number of halogens is 3. The lowest BCUT2D eigenvalue weighted by atomic mass is 10.3. The molecule has 1 rings (SSSR count). The summed E-state index contributed by atoms with van der Waals surface area (Å²) in [6, 6.07) is 3.64. The Hall–Kier alpha value is -1.50. The number of hydrogen-bond donors (Lipinski definition) is 0. The maximum atomic E-state index is 12.1. The highest BCUT2D eigenvalue weighted by Gasteiger charge is 2.32. The molecule has 0 amide bonds. The molecule has 0 fully saturated rings. The van der Waals surface area contributed by atoms with Gasteiger partial charge in [0.1, 0.15) is 11.4 Å². The van der Waals surface area contributed by atoms with Gasteiger partial charge in [-0.1, -0.05) is 12.0 Å². The van der Waals surface area contributed by atoms with Crippen molar-refractivity contribution in [2.75, 3.05) is 0 Å². The van der Waals surface area contributed by atoms with E-state index in [2.05, 4.69) is 16.8 Å². The van der Waals surface area contributed by atoms with Crippen molar-refractivity contribution in [2.45, 2.75) is 13.1 Å². The van der Waals surface area contributed by atoms with Crippen LogP contribution in [0.1, 0.15) is 18.3 Å². The van der Waals surface area contributed by atoms with Gasteiger partial charge in [-0.2, -0.15) is 13.2 Å². The molecule has 0 aliphatic heterocycles. The summed E-state index contributed by atoms with van der Waals surface area (Å²) in [6.07, 6.45) is -4.40. The summed E-state index contributed by atoms with van der Waals surface area (Å²) < 4.78 is 36.3. The van der Waals surface area contributed by atoms with Crippen molar-refractivity contribution in [3.05, 3.63) is 29.6 Å². The summed E-state index contributed by atoms with van der Waals surface area (Å²) in [6.45, 7) is 1.54. The van der Waals surface area contributed by atoms with Crippen LogP contribution < -0.4 is 0 Å². The smallest absolute Gasteiger partial charge is 0.235 e. The molecule has 0 spiro atoms. The van der Waals surface area contributed by atoms with Gasteiger partial charge >= 0.3 is 6.18 Å². The lowest BCUT2D eigenvalue weighted by Crippen LogP contribution is -2.08. The molecule has 1 aromatic rings. The zero-order valence-corrected chi connectivity index (χ0v) is 6.81. The van der Waals surface area contributed by atoms with Crippen LogP contribution >= 0.6 is 0 Å². The van der Waals surface area contributed by atoms with Crippen molar-refractivity contribution in [3.63, 3.8) is 0 Å². The third kappa shape index (κ3) is 2.48. The van der Waals surface area contributed by atoms with E-state index in [0.29, 0.717) is 0 Å². The summed E-state index contributed by atoms with van der Waals surface area (Å²) >= 11 is 0. The average molecular weight is 185 g/mol. The number of nitrogens with zero attached hydrogens (tertiary/aromatic N) is 1. The lowest BCUT2D eigenvalue weighted by molar-refractivity contribution is -0.141. The predicted molar refractivity (Wildman–Crippen MR) is 41.8 cm³/mol. The minimum absolute atomic E-state index is 0.136. The van der Waals surface area contributed by atoms with Gasteiger partial charge in [-0.05, 0) is 25.0 Å². The first-order chi connectivity index (χ1) is 6.04. The maximum Gasteiger partial charge on any atom is 0.433 e. The molecule has 1 nitrogen and oxygen atoms in total. The van der Waals surface area contributed by atoms with Crippen LogP contribution in [0.4, 0.5) is 13.2 Å². The van der Waals surface area contributed by atoms with Gasteiger partial charge < -0.3 is 0 Å². The zero-order valence-electron chi connectivity index (χ0n) is 6.81. The highest BCUT2D eigenvalue weighted by molar-refractivity contribution is 5.28. The average Bonchev–Trinajstić information content (AvgIpc) is 2.04. The van der Waals surface area contributed by atoms with E-state index in [4.69, 9.17) is 0 Å². The predicted octanol–water partition coefficient (Wildman–Crippen LogP) is 2.47. The first-order valence-corrected chi connectivity index (χ1v) is 3.51. The molecule has 0 radical (unpaired) electrons. The van der Waals surface area contributed by atoms with Crippen LogP contribution in [-0.4, -0.2) is 4.98 Å². The minimum Gasteiger partial charge on any atom is -0.235 e. The first-order valence-electron chi connectivity index (χ1n) is 3.51. The van der Waals surface area contributed by atoms with E-state index in [0.717, 1.165) is 6.07 Å². The van der Waals surface area contributed by atoms with Gasteiger partial charge in [-0.25, -0.2) is 4.98 Å². The monoisotopic (exact) mass is 185 g/mol. The Morgan fingerprint density at radius 2 is 2.00 bits per heavy atom. The molecule has 0 aliphatic carbocycles. The Bertz CT molecular complexity index is 357. The Labute approximate surface area is 73.6 Å². The van der Waals surface area contributed by atoms with Gasteiger partial charge in [0.15, 0.2) is 0 Å². The van der Waals surface area contributed by atoms with Crippen molar-refractivity contribution in [1.82, 2.24) is 4.98 Å². The Balaban J connectivity index is 3.10. The highest BCUT2D eigenvalue weighted by Crippen LogP contribution is 2.27.